The molecule has 2 rings (SSSR count). The van der Waals surface area contributed by atoms with E-state index in [0.29, 0.717) is 17.7 Å². The molecule has 0 aliphatic heterocycles. The largest absolute Gasteiger partial charge is 0.368 e. The number of primary amides is 1. The molecule has 6 nitrogen and oxygen atoms in total. The first-order valence-electron chi connectivity index (χ1n) is 7.47. The van der Waals surface area contributed by atoms with Crippen molar-refractivity contribution in [2.75, 3.05) is 5.32 Å². The van der Waals surface area contributed by atoms with Crippen molar-refractivity contribution >= 4 is 23.4 Å². The molecular formula is C18H19N3O3. The number of rotatable bonds is 6. The topological polar surface area (TPSA) is 101 Å². The SMILES string of the molecule is CC(=O)Nc1cccc(C(=O)N[C@@H](Cc2ccccc2)C(N)=O)c1. The Morgan fingerprint density at radius 3 is 2.38 bits per heavy atom. The zero-order chi connectivity index (χ0) is 17.5. The van der Waals surface area contributed by atoms with Crippen molar-refractivity contribution in [2.45, 2.75) is 19.4 Å². The number of nitrogens with one attached hydrogen (secondary N) is 2. The van der Waals surface area contributed by atoms with Crippen molar-refractivity contribution in [3.8, 4) is 0 Å². The minimum atomic E-state index is -0.815. The fourth-order valence-corrected chi connectivity index (χ4v) is 2.26. The van der Waals surface area contributed by atoms with Crippen LogP contribution in [-0.4, -0.2) is 23.8 Å². The number of benzene rings is 2. The molecule has 124 valence electrons. The normalized spacial score (nSPS) is 11.4. The van der Waals surface area contributed by atoms with E-state index < -0.39 is 17.9 Å². The van der Waals surface area contributed by atoms with E-state index in [4.69, 9.17) is 5.73 Å². The van der Waals surface area contributed by atoms with Gasteiger partial charge in [-0.25, -0.2) is 0 Å². The molecule has 0 fully saturated rings. The number of hydrogen-bond acceptors (Lipinski definition) is 3. The van der Waals surface area contributed by atoms with Crippen LogP contribution in [0, 0.1) is 0 Å². The maximum Gasteiger partial charge on any atom is 0.252 e. The molecule has 0 bridgehead atoms. The highest BCUT2D eigenvalue weighted by Crippen LogP contribution is 2.11. The molecule has 0 saturated carbocycles. The second kappa shape index (κ2) is 7.92. The van der Waals surface area contributed by atoms with Crippen LogP contribution in [0.4, 0.5) is 5.69 Å². The van der Waals surface area contributed by atoms with E-state index in [-0.39, 0.29) is 5.91 Å². The Kier molecular flexibility index (Phi) is 5.68. The van der Waals surface area contributed by atoms with Gasteiger partial charge in [-0.15, -0.1) is 0 Å². The van der Waals surface area contributed by atoms with E-state index in [9.17, 15) is 14.4 Å². The molecule has 3 amide bonds. The lowest BCUT2D eigenvalue weighted by Gasteiger charge is -2.16. The van der Waals surface area contributed by atoms with E-state index in [2.05, 4.69) is 10.6 Å². The van der Waals surface area contributed by atoms with E-state index in [0.717, 1.165) is 5.56 Å². The van der Waals surface area contributed by atoms with Gasteiger partial charge < -0.3 is 16.4 Å². The van der Waals surface area contributed by atoms with Gasteiger partial charge in [0.1, 0.15) is 6.04 Å². The number of anilines is 1. The van der Waals surface area contributed by atoms with Crippen LogP contribution in [0.1, 0.15) is 22.8 Å². The average molecular weight is 325 g/mol. The Labute approximate surface area is 140 Å². The molecule has 1 atom stereocenters. The van der Waals surface area contributed by atoms with E-state index in [1.807, 2.05) is 30.3 Å². The summed E-state index contributed by atoms with van der Waals surface area (Å²) in [6, 6.07) is 14.9. The van der Waals surface area contributed by atoms with Gasteiger partial charge in [0.15, 0.2) is 0 Å². The van der Waals surface area contributed by atoms with Gasteiger partial charge in [0, 0.05) is 24.6 Å². The first-order chi connectivity index (χ1) is 11.5. The predicted octanol–water partition coefficient (Wildman–Crippen LogP) is 1.47. The van der Waals surface area contributed by atoms with E-state index in [1.54, 1.807) is 18.2 Å². The Bertz CT molecular complexity index is 744. The molecule has 4 N–H and O–H groups in total. The van der Waals surface area contributed by atoms with Gasteiger partial charge in [-0.2, -0.15) is 0 Å². The van der Waals surface area contributed by atoms with Gasteiger partial charge >= 0.3 is 0 Å². The lowest BCUT2D eigenvalue weighted by Crippen LogP contribution is -2.45. The first-order valence-corrected chi connectivity index (χ1v) is 7.47. The Balaban J connectivity index is 2.10. The fourth-order valence-electron chi connectivity index (χ4n) is 2.26. The lowest BCUT2D eigenvalue weighted by atomic mass is 10.0. The van der Waals surface area contributed by atoms with Gasteiger partial charge in [0.2, 0.25) is 11.8 Å². The van der Waals surface area contributed by atoms with Crippen molar-refractivity contribution in [2.24, 2.45) is 5.73 Å². The summed E-state index contributed by atoms with van der Waals surface area (Å²) in [4.78, 5) is 35.1. The van der Waals surface area contributed by atoms with E-state index >= 15 is 0 Å². The van der Waals surface area contributed by atoms with Gasteiger partial charge in [-0.1, -0.05) is 36.4 Å². The number of hydrogen-bond donors (Lipinski definition) is 3. The average Bonchev–Trinajstić information content (AvgIpc) is 2.54. The highest BCUT2D eigenvalue weighted by molar-refractivity contribution is 5.99. The standard InChI is InChI=1S/C18H19N3O3/c1-12(22)20-15-9-5-8-14(11-15)18(24)21-16(17(19)23)10-13-6-3-2-4-7-13/h2-9,11,16H,10H2,1H3,(H2,19,23)(H,20,22)(H,21,24)/t16-/m0/s1. The smallest absolute Gasteiger partial charge is 0.252 e. The van der Waals surface area contributed by atoms with Crippen LogP contribution < -0.4 is 16.4 Å². The summed E-state index contributed by atoms with van der Waals surface area (Å²) in [5.74, 6) is -1.26. The number of carbonyl (C=O) groups is 3. The zero-order valence-electron chi connectivity index (χ0n) is 13.3. The van der Waals surface area contributed by atoms with Crippen molar-refractivity contribution in [1.82, 2.24) is 5.32 Å². The third-order valence-electron chi connectivity index (χ3n) is 3.38. The van der Waals surface area contributed by atoms with Crippen LogP contribution in [0.25, 0.3) is 0 Å². The number of amides is 3. The van der Waals surface area contributed by atoms with Gasteiger partial charge in [0.05, 0.1) is 0 Å². The van der Waals surface area contributed by atoms with Crippen molar-refractivity contribution < 1.29 is 14.4 Å². The number of carbonyl (C=O) groups excluding carboxylic acids is 3. The summed E-state index contributed by atoms with van der Waals surface area (Å²) in [7, 11) is 0. The summed E-state index contributed by atoms with van der Waals surface area (Å²) >= 11 is 0. The second-order valence-corrected chi connectivity index (χ2v) is 5.38. The van der Waals surface area contributed by atoms with E-state index in [1.165, 1.54) is 13.0 Å². The van der Waals surface area contributed by atoms with Crippen molar-refractivity contribution in [3.05, 3.63) is 65.7 Å². The molecule has 0 saturated heterocycles. The predicted molar refractivity (Wildman–Crippen MR) is 91.3 cm³/mol. The summed E-state index contributed by atoms with van der Waals surface area (Å²) in [5.41, 5.74) is 7.13. The summed E-state index contributed by atoms with van der Waals surface area (Å²) in [6.07, 6.45) is 0.313. The molecule has 0 unspecified atom stereocenters. The van der Waals surface area contributed by atoms with Crippen LogP contribution in [0.5, 0.6) is 0 Å². The molecule has 2 aromatic rings. The van der Waals surface area contributed by atoms with Crippen LogP contribution in [-0.2, 0) is 16.0 Å². The summed E-state index contributed by atoms with van der Waals surface area (Å²) in [6.45, 7) is 1.38. The Hall–Kier alpha value is -3.15. The number of nitrogens with two attached hydrogens (primary N) is 1. The molecule has 24 heavy (non-hydrogen) atoms. The summed E-state index contributed by atoms with van der Waals surface area (Å²) in [5, 5.41) is 5.24. The maximum atomic E-state index is 12.4. The Morgan fingerprint density at radius 2 is 1.75 bits per heavy atom. The summed E-state index contributed by atoms with van der Waals surface area (Å²) < 4.78 is 0. The quantitative estimate of drug-likeness (QED) is 0.749. The third kappa shape index (κ3) is 4.95. The maximum absolute atomic E-state index is 12.4. The molecule has 0 spiro atoms. The Morgan fingerprint density at radius 1 is 1.04 bits per heavy atom. The van der Waals surface area contributed by atoms with Crippen LogP contribution in [0.3, 0.4) is 0 Å². The highest BCUT2D eigenvalue weighted by atomic mass is 16.2. The van der Waals surface area contributed by atoms with Gasteiger partial charge in [-0.05, 0) is 23.8 Å². The lowest BCUT2D eigenvalue weighted by molar-refractivity contribution is -0.119. The van der Waals surface area contributed by atoms with Gasteiger partial charge in [-0.3, -0.25) is 14.4 Å². The zero-order valence-corrected chi connectivity index (χ0v) is 13.3. The van der Waals surface area contributed by atoms with Crippen molar-refractivity contribution in [1.29, 1.82) is 0 Å². The molecule has 0 aliphatic rings. The van der Waals surface area contributed by atoms with Crippen LogP contribution in [0.2, 0.25) is 0 Å². The first kappa shape index (κ1) is 17.2. The molecule has 0 radical (unpaired) electrons. The highest BCUT2D eigenvalue weighted by Gasteiger charge is 2.19. The third-order valence-corrected chi connectivity index (χ3v) is 3.38. The monoisotopic (exact) mass is 325 g/mol. The molecule has 0 heterocycles. The molecule has 2 aromatic carbocycles. The molecule has 0 aliphatic carbocycles. The van der Waals surface area contributed by atoms with Crippen LogP contribution >= 0.6 is 0 Å². The van der Waals surface area contributed by atoms with Gasteiger partial charge in [0.25, 0.3) is 5.91 Å². The van der Waals surface area contributed by atoms with Crippen LogP contribution in [0.15, 0.2) is 54.6 Å². The second-order valence-electron chi connectivity index (χ2n) is 5.38. The minimum Gasteiger partial charge on any atom is -0.368 e. The van der Waals surface area contributed by atoms with Crippen molar-refractivity contribution in [3.63, 3.8) is 0 Å². The minimum absolute atomic E-state index is 0.230. The molecule has 0 aromatic heterocycles. The molecular weight excluding hydrogens is 306 g/mol. The molecule has 6 heteroatoms. The fraction of sp³-hybridized carbons (Fsp3) is 0.167.